The number of aromatic nitrogens is 2. The van der Waals surface area contributed by atoms with Gasteiger partial charge in [-0.05, 0) is 49.9 Å². The summed E-state index contributed by atoms with van der Waals surface area (Å²) in [4.78, 5) is 19.4. The molecule has 1 aliphatic rings. The van der Waals surface area contributed by atoms with Crippen molar-refractivity contribution >= 4 is 5.91 Å². The molecule has 1 aromatic heterocycles. The lowest BCUT2D eigenvalue weighted by Crippen LogP contribution is -2.39. The number of hydrogen-bond acceptors (Lipinski definition) is 4. The van der Waals surface area contributed by atoms with Crippen LogP contribution in [-0.2, 0) is 6.42 Å². The van der Waals surface area contributed by atoms with Crippen molar-refractivity contribution in [3.8, 4) is 11.4 Å². The Labute approximate surface area is 165 Å². The van der Waals surface area contributed by atoms with Crippen molar-refractivity contribution in [2.75, 3.05) is 13.1 Å². The third-order valence-corrected chi connectivity index (χ3v) is 5.38. The van der Waals surface area contributed by atoms with Crippen LogP contribution in [0, 0.1) is 6.92 Å². The van der Waals surface area contributed by atoms with E-state index >= 15 is 0 Å². The molecule has 1 saturated heterocycles. The van der Waals surface area contributed by atoms with Gasteiger partial charge in [-0.3, -0.25) is 4.79 Å². The van der Waals surface area contributed by atoms with E-state index in [1.54, 1.807) is 0 Å². The number of hydrogen-bond donors (Lipinski definition) is 0. The van der Waals surface area contributed by atoms with Crippen molar-refractivity contribution in [3.05, 3.63) is 71.1 Å². The quantitative estimate of drug-likeness (QED) is 0.667. The Morgan fingerprint density at radius 1 is 1.21 bits per heavy atom. The van der Waals surface area contributed by atoms with Crippen LogP contribution in [0.3, 0.4) is 0 Å². The molecule has 2 aromatic carbocycles. The number of nitrogens with zero attached hydrogens (tertiary/aromatic N) is 3. The van der Waals surface area contributed by atoms with Gasteiger partial charge in [0.15, 0.2) is 0 Å². The number of likely N-dealkylation sites (tertiary alicyclic amines) is 1. The maximum Gasteiger partial charge on any atom is 0.253 e. The van der Waals surface area contributed by atoms with Gasteiger partial charge in [-0.1, -0.05) is 48.0 Å². The molecule has 28 heavy (non-hydrogen) atoms. The number of aryl methyl sites for hydroxylation is 2. The largest absolute Gasteiger partial charge is 0.339 e. The van der Waals surface area contributed by atoms with Gasteiger partial charge in [0.1, 0.15) is 0 Å². The standard InChI is InChI=1S/C23H25N3O2/c1-3-17-9-11-18(12-10-17)23(27)26-13-5-8-20(15-26)22-24-21(25-28-22)19-7-4-6-16(2)14-19/h4,6-7,9-12,14,20H,3,5,8,13,15H2,1-2H3. The number of carbonyl (C=O) groups is 1. The summed E-state index contributed by atoms with van der Waals surface area (Å²) in [6.07, 6.45) is 2.86. The van der Waals surface area contributed by atoms with Gasteiger partial charge in [0.05, 0.1) is 5.92 Å². The maximum absolute atomic E-state index is 12.9. The number of rotatable bonds is 4. The molecule has 4 rings (SSSR count). The summed E-state index contributed by atoms with van der Waals surface area (Å²) in [7, 11) is 0. The van der Waals surface area contributed by atoms with Gasteiger partial charge in [-0.2, -0.15) is 4.98 Å². The fraction of sp³-hybridized carbons (Fsp3) is 0.348. The van der Waals surface area contributed by atoms with Crippen molar-refractivity contribution in [2.45, 2.75) is 39.0 Å². The predicted octanol–water partition coefficient (Wildman–Crippen LogP) is 4.63. The van der Waals surface area contributed by atoms with Gasteiger partial charge >= 0.3 is 0 Å². The fourth-order valence-electron chi connectivity index (χ4n) is 3.73. The van der Waals surface area contributed by atoms with Crippen molar-refractivity contribution in [2.24, 2.45) is 0 Å². The van der Waals surface area contributed by atoms with Crippen LogP contribution in [0.1, 0.15) is 53.1 Å². The summed E-state index contributed by atoms with van der Waals surface area (Å²) in [5.74, 6) is 1.39. The number of benzene rings is 2. The Morgan fingerprint density at radius 2 is 2.04 bits per heavy atom. The van der Waals surface area contributed by atoms with E-state index in [1.807, 2.05) is 60.4 Å². The van der Waals surface area contributed by atoms with Gasteiger partial charge in [-0.15, -0.1) is 0 Å². The first-order valence-corrected chi connectivity index (χ1v) is 9.93. The van der Waals surface area contributed by atoms with Gasteiger partial charge in [0.2, 0.25) is 11.7 Å². The number of carbonyl (C=O) groups excluding carboxylic acids is 1. The summed E-state index contributed by atoms with van der Waals surface area (Å²) in [5, 5.41) is 4.16. The molecule has 1 atom stereocenters. The first-order chi connectivity index (χ1) is 13.6. The van der Waals surface area contributed by atoms with Crippen molar-refractivity contribution < 1.29 is 9.32 Å². The van der Waals surface area contributed by atoms with E-state index in [4.69, 9.17) is 4.52 Å². The second-order valence-corrected chi connectivity index (χ2v) is 7.47. The minimum atomic E-state index is 0.0748. The highest BCUT2D eigenvalue weighted by atomic mass is 16.5. The predicted molar refractivity (Wildman–Crippen MR) is 108 cm³/mol. The molecule has 0 N–H and O–H groups in total. The molecular formula is C23H25N3O2. The normalized spacial score (nSPS) is 16.9. The van der Waals surface area contributed by atoms with Crippen molar-refractivity contribution in [3.63, 3.8) is 0 Å². The smallest absolute Gasteiger partial charge is 0.253 e. The highest BCUT2D eigenvalue weighted by Crippen LogP contribution is 2.28. The summed E-state index contributed by atoms with van der Waals surface area (Å²) in [5.41, 5.74) is 4.09. The Morgan fingerprint density at radius 3 is 2.79 bits per heavy atom. The lowest BCUT2D eigenvalue weighted by atomic mass is 9.97. The first kappa shape index (κ1) is 18.4. The van der Waals surface area contributed by atoms with Gasteiger partial charge in [-0.25, -0.2) is 0 Å². The van der Waals surface area contributed by atoms with Crippen LogP contribution in [0.2, 0.25) is 0 Å². The highest BCUT2D eigenvalue weighted by molar-refractivity contribution is 5.94. The van der Waals surface area contributed by atoms with Crippen LogP contribution in [0.25, 0.3) is 11.4 Å². The van der Waals surface area contributed by atoms with Gasteiger partial charge in [0, 0.05) is 24.2 Å². The second kappa shape index (κ2) is 7.97. The van der Waals surface area contributed by atoms with E-state index in [9.17, 15) is 4.79 Å². The molecule has 144 valence electrons. The maximum atomic E-state index is 12.9. The fourth-order valence-corrected chi connectivity index (χ4v) is 3.73. The van der Waals surface area contributed by atoms with Crippen LogP contribution in [0.5, 0.6) is 0 Å². The monoisotopic (exact) mass is 375 g/mol. The van der Waals surface area contributed by atoms with Gasteiger partial charge < -0.3 is 9.42 Å². The summed E-state index contributed by atoms with van der Waals surface area (Å²) < 4.78 is 5.56. The topological polar surface area (TPSA) is 59.2 Å². The van der Waals surface area contributed by atoms with Crippen molar-refractivity contribution in [1.82, 2.24) is 15.0 Å². The van der Waals surface area contributed by atoms with E-state index in [-0.39, 0.29) is 11.8 Å². The van der Waals surface area contributed by atoms with E-state index in [1.165, 1.54) is 5.56 Å². The summed E-state index contributed by atoms with van der Waals surface area (Å²) in [6.45, 7) is 5.54. The third-order valence-electron chi connectivity index (χ3n) is 5.38. The van der Waals surface area contributed by atoms with Crippen LogP contribution in [0.4, 0.5) is 0 Å². The first-order valence-electron chi connectivity index (χ1n) is 9.93. The van der Waals surface area contributed by atoms with E-state index in [0.717, 1.165) is 42.5 Å². The van der Waals surface area contributed by atoms with E-state index in [0.29, 0.717) is 18.3 Å². The summed E-state index contributed by atoms with van der Waals surface area (Å²) in [6, 6.07) is 16.0. The zero-order chi connectivity index (χ0) is 19.5. The SMILES string of the molecule is CCc1ccc(C(=O)N2CCCC(c3nc(-c4cccc(C)c4)no3)C2)cc1. The Balaban J connectivity index is 1.48. The number of amides is 1. The lowest BCUT2D eigenvalue weighted by Gasteiger charge is -2.31. The zero-order valence-corrected chi connectivity index (χ0v) is 16.4. The molecule has 1 amide bonds. The highest BCUT2D eigenvalue weighted by Gasteiger charge is 2.29. The molecule has 1 fully saturated rings. The average Bonchev–Trinajstić information content (AvgIpc) is 3.24. The van der Waals surface area contributed by atoms with E-state index < -0.39 is 0 Å². The average molecular weight is 375 g/mol. The molecule has 0 radical (unpaired) electrons. The molecule has 0 saturated carbocycles. The van der Waals surface area contributed by atoms with Crippen LogP contribution >= 0.6 is 0 Å². The Kier molecular flexibility index (Phi) is 5.24. The summed E-state index contributed by atoms with van der Waals surface area (Å²) >= 11 is 0. The molecule has 1 aliphatic heterocycles. The minimum Gasteiger partial charge on any atom is -0.339 e. The number of piperidine rings is 1. The van der Waals surface area contributed by atoms with Crippen LogP contribution < -0.4 is 0 Å². The molecule has 0 bridgehead atoms. The second-order valence-electron chi connectivity index (χ2n) is 7.47. The van der Waals surface area contributed by atoms with Crippen LogP contribution in [0.15, 0.2) is 53.1 Å². The third kappa shape index (κ3) is 3.84. The molecule has 5 nitrogen and oxygen atoms in total. The molecule has 3 aromatic rings. The molecule has 0 spiro atoms. The van der Waals surface area contributed by atoms with Crippen LogP contribution in [-0.4, -0.2) is 34.0 Å². The van der Waals surface area contributed by atoms with Crippen molar-refractivity contribution in [1.29, 1.82) is 0 Å². The van der Waals surface area contributed by atoms with Gasteiger partial charge in [0.25, 0.3) is 5.91 Å². The Hall–Kier alpha value is -2.95. The molecule has 5 heteroatoms. The minimum absolute atomic E-state index is 0.0748. The Bertz CT molecular complexity index is 962. The molecule has 2 heterocycles. The molecular weight excluding hydrogens is 350 g/mol. The molecule has 1 unspecified atom stereocenters. The lowest BCUT2D eigenvalue weighted by molar-refractivity contribution is 0.0695. The van der Waals surface area contributed by atoms with E-state index in [2.05, 4.69) is 17.1 Å². The zero-order valence-electron chi connectivity index (χ0n) is 16.4. The molecule has 0 aliphatic carbocycles.